The number of rotatable bonds is 16. The fourth-order valence-electron chi connectivity index (χ4n) is 16.3. The molecule has 0 radical (unpaired) electrons. The first-order valence-corrected chi connectivity index (χ1v) is 37.2. The number of carbonyl (C=O) groups excluding carboxylic acids is 12. The molecule has 0 unspecified atom stereocenters. The lowest BCUT2D eigenvalue weighted by Gasteiger charge is -2.31. The van der Waals surface area contributed by atoms with E-state index in [1.165, 1.54) is 35.2 Å². The predicted molar refractivity (Wildman–Crippen MR) is 433 cm³/mol. The van der Waals surface area contributed by atoms with Gasteiger partial charge in [-0.3, -0.25) is 57.5 Å². The molecule has 12 amide bonds. The summed E-state index contributed by atoms with van der Waals surface area (Å²) in [6, 6.07) is 81.0. The van der Waals surface area contributed by atoms with Crippen molar-refractivity contribution in [2.45, 2.75) is 38.5 Å². The average Bonchev–Trinajstić information content (AvgIpc) is 1.58. The number of anilines is 6. The summed E-state index contributed by atoms with van der Waals surface area (Å²) < 4.78 is 12.4. The summed E-state index contributed by atoms with van der Waals surface area (Å²) in [5.41, 5.74) is 8.66. The van der Waals surface area contributed by atoms with Crippen LogP contribution in [0, 0.1) is 0 Å². The van der Waals surface area contributed by atoms with Gasteiger partial charge in [0.05, 0.1) is 101 Å². The van der Waals surface area contributed by atoms with Crippen molar-refractivity contribution in [2.75, 3.05) is 29.4 Å². The number of imide groups is 6. The molecule has 0 fully saturated rings. The Morgan fingerprint density at radius 2 is 0.457 bits per heavy atom. The van der Waals surface area contributed by atoms with Crippen molar-refractivity contribution in [1.29, 1.82) is 0 Å². The van der Waals surface area contributed by atoms with Gasteiger partial charge in [0, 0.05) is 23.0 Å². The van der Waals surface area contributed by atoms with Crippen LogP contribution in [0.25, 0.3) is 22.3 Å². The van der Waals surface area contributed by atoms with E-state index in [2.05, 4.69) is 45.9 Å². The van der Waals surface area contributed by atoms with Crippen LogP contribution in [0.5, 0.6) is 23.0 Å². The summed E-state index contributed by atoms with van der Waals surface area (Å²) in [7, 11) is 0. The Morgan fingerprint density at radius 3 is 0.819 bits per heavy atom. The third kappa shape index (κ3) is 11.0. The molecule has 0 spiro atoms. The zero-order valence-corrected chi connectivity index (χ0v) is 62.1. The molecule has 0 saturated carbocycles. The second-order valence-corrected chi connectivity index (χ2v) is 29.9. The standard InChI is InChI=1S/C96H60N6O14/c1-95(2,55-30-34-59(35-31-55)97-83(103)71-20-5-6-21-72(71)84(97)104)57-14-9-15-58(50-57)96(3,4)56-32-36-60(37-33-56)100-89(109)77-26-12-24-69(81(77)93(100)113)53-28-46-75-79(48-53)91(111)98(87(75)107)62-40-44-66(45-41-62)116-68-19-11-17-64(52-68)102-90(110)78-27-13-25-70(82(78)94(102)114)54-29-47-76-80(49-54)92(112)99(88(76)108)61-38-42-65(43-39-61)115-67-18-10-16-63(51-67)101-85(105)73-22-7-8-23-74(73)86(101)106/h5-52H,1-4H3. The summed E-state index contributed by atoms with van der Waals surface area (Å²) in [6.07, 6.45) is 0. The van der Waals surface area contributed by atoms with Gasteiger partial charge in [-0.15, -0.1) is 0 Å². The lowest BCUT2D eigenvalue weighted by atomic mass is 9.73. The molecule has 0 N–H and O–H groups in total. The van der Waals surface area contributed by atoms with E-state index in [4.69, 9.17) is 9.47 Å². The van der Waals surface area contributed by atoms with Crippen molar-refractivity contribution >= 4 is 105 Å². The molecule has 6 aliphatic rings. The molecule has 13 aromatic carbocycles. The summed E-state index contributed by atoms with van der Waals surface area (Å²) in [5.74, 6) is -5.15. The van der Waals surface area contributed by atoms with E-state index in [0.29, 0.717) is 73.1 Å². The van der Waals surface area contributed by atoms with Crippen LogP contribution < -0.4 is 38.9 Å². The van der Waals surface area contributed by atoms with Crippen LogP contribution in [-0.2, 0) is 10.8 Å². The van der Waals surface area contributed by atoms with Crippen LogP contribution >= 0.6 is 0 Å². The molecule has 0 saturated heterocycles. The highest BCUT2D eigenvalue weighted by Crippen LogP contribution is 2.45. The predicted octanol–water partition coefficient (Wildman–Crippen LogP) is 18.1. The summed E-state index contributed by atoms with van der Waals surface area (Å²) in [4.78, 5) is 174. The highest BCUT2D eigenvalue weighted by Gasteiger charge is 2.45. The third-order valence-corrected chi connectivity index (χ3v) is 22.6. The Balaban J connectivity index is 0.499. The molecular weight excluding hydrogens is 1460 g/mol. The van der Waals surface area contributed by atoms with Crippen LogP contribution in [0.1, 0.15) is 174 Å². The third-order valence-electron chi connectivity index (χ3n) is 22.6. The fourth-order valence-corrected chi connectivity index (χ4v) is 16.3. The van der Waals surface area contributed by atoms with Gasteiger partial charge in [-0.1, -0.05) is 149 Å². The molecule has 558 valence electrons. The molecule has 0 bridgehead atoms. The topological polar surface area (TPSA) is 243 Å². The SMILES string of the molecule is CC(C)(c1ccc(N2C(=O)c3ccccc3C2=O)cc1)c1cccc(C(C)(C)c2ccc(N3C(=O)c4cccc(-c5ccc6c(c5)C(=O)N(c5ccc(Oc7cccc(N8C(=O)c9cccc(-c%10ccc%11c(c%10)C(=O)N(c%10ccc(Oc%12cccc(N%13C(=O)c%14ccccc%14C%13=O)c%12)cc%10)C%11=O)c9C8=O)c7)cc5)C6=O)c4C3=O)cc2)c1. The van der Waals surface area contributed by atoms with E-state index in [1.54, 1.807) is 212 Å². The van der Waals surface area contributed by atoms with Crippen molar-refractivity contribution in [3.8, 4) is 45.3 Å². The van der Waals surface area contributed by atoms with E-state index in [9.17, 15) is 57.5 Å². The van der Waals surface area contributed by atoms with Crippen molar-refractivity contribution in [3.05, 3.63) is 380 Å². The number of hydrogen-bond donors (Lipinski definition) is 0. The number of benzene rings is 13. The summed E-state index contributed by atoms with van der Waals surface area (Å²) >= 11 is 0. The van der Waals surface area contributed by atoms with Crippen molar-refractivity contribution in [1.82, 2.24) is 0 Å². The van der Waals surface area contributed by atoms with Gasteiger partial charge in [0.15, 0.2) is 0 Å². The molecule has 20 heteroatoms. The summed E-state index contributed by atoms with van der Waals surface area (Å²) in [6.45, 7) is 8.45. The molecule has 0 atom stereocenters. The maximum absolute atomic E-state index is 14.7. The van der Waals surface area contributed by atoms with E-state index in [-0.39, 0.29) is 84.9 Å². The first-order chi connectivity index (χ1) is 56.0. The Labute approximate surface area is 661 Å². The second kappa shape index (κ2) is 26.5. The lowest BCUT2D eigenvalue weighted by molar-refractivity contribution is 0.0910. The highest BCUT2D eigenvalue weighted by molar-refractivity contribution is 6.40. The Bertz CT molecular complexity index is 6570. The smallest absolute Gasteiger partial charge is 0.266 e. The number of nitrogens with zero attached hydrogens (tertiary/aromatic N) is 6. The molecule has 20 nitrogen and oxygen atoms in total. The molecule has 6 heterocycles. The van der Waals surface area contributed by atoms with Crippen LogP contribution in [0.2, 0.25) is 0 Å². The zero-order chi connectivity index (χ0) is 80.1. The number of hydrogen-bond acceptors (Lipinski definition) is 14. The van der Waals surface area contributed by atoms with E-state index >= 15 is 0 Å². The molecular formula is C96H60N6O14. The molecule has 116 heavy (non-hydrogen) atoms. The summed E-state index contributed by atoms with van der Waals surface area (Å²) in [5, 5.41) is 0. The van der Waals surface area contributed by atoms with E-state index < -0.39 is 69.9 Å². The fraction of sp³-hybridized carbons (Fsp3) is 0.0625. The Kier molecular flexibility index (Phi) is 16.1. The van der Waals surface area contributed by atoms with E-state index in [0.717, 1.165) is 46.8 Å². The molecule has 6 aliphatic heterocycles. The Hall–Kier alpha value is -15.7. The number of carbonyl (C=O) groups is 12. The monoisotopic (exact) mass is 1520 g/mol. The molecule has 13 aromatic rings. The van der Waals surface area contributed by atoms with Gasteiger partial charge in [0.25, 0.3) is 70.9 Å². The first kappa shape index (κ1) is 70.7. The normalized spacial score (nSPS) is 14.8. The van der Waals surface area contributed by atoms with Crippen molar-refractivity contribution < 1.29 is 67.0 Å². The minimum atomic E-state index is -0.645. The van der Waals surface area contributed by atoms with Gasteiger partial charge in [-0.05, 0) is 202 Å². The number of ether oxygens (including phenoxy) is 2. The van der Waals surface area contributed by atoms with Gasteiger partial charge < -0.3 is 9.47 Å². The maximum Gasteiger partial charge on any atom is 0.266 e. The second-order valence-electron chi connectivity index (χ2n) is 29.9. The average molecular weight is 1520 g/mol. The van der Waals surface area contributed by atoms with Crippen molar-refractivity contribution in [3.63, 3.8) is 0 Å². The van der Waals surface area contributed by atoms with Crippen LogP contribution in [0.15, 0.2) is 291 Å². The maximum atomic E-state index is 14.7. The van der Waals surface area contributed by atoms with Crippen LogP contribution in [0.4, 0.5) is 34.1 Å². The van der Waals surface area contributed by atoms with Crippen molar-refractivity contribution in [2.24, 2.45) is 0 Å². The minimum absolute atomic E-state index is 0.0799. The molecule has 0 aromatic heterocycles. The number of amides is 12. The first-order valence-electron chi connectivity index (χ1n) is 37.2. The number of fused-ring (bicyclic) bond motifs is 6. The van der Waals surface area contributed by atoms with E-state index in [1.807, 2.05) is 30.3 Å². The van der Waals surface area contributed by atoms with Gasteiger partial charge >= 0.3 is 0 Å². The van der Waals surface area contributed by atoms with Gasteiger partial charge in [-0.25, -0.2) is 29.4 Å². The zero-order valence-electron chi connectivity index (χ0n) is 62.1. The van der Waals surface area contributed by atoms with Gasteiger partial charge in [0.2, 0.25) is 0 Å². The van der Waals surface area contributed by atoms with Gasteiger partial charge in [0.1, 0.15) is 23.0 Å². The highest BCUT2D eigenvalue weighted by atomic mass is 16.5. The van der Waals surface area contributed by atoms with Crippen LogP contribution in [-0.4, -0.2) is 70.9 Å². The molecule has 0 aliphatic carbocycles. The minimum Gasteiger partial charge on any atom is -0.457 e. The largest absolute Gasteiger partial charge is 0.457 e. The lowest BCUT2D eigenvalue weighted by Crippen LogP contribution is -2.29. The molecule has 19 rings (SSSR count). The van der Waals surface area contributed by atoms with Crippen LogP contribution in [0.3, 0.4) is 0 Å². The van der Waals surface area contributed by atoms with Gasteiger partial charge in [-0.2, -0.15) is 0 Å². The quantitative estimate of drug-likeness (QED) is 0.0817. The Morgan fingerprint density at radius 1 is 0.190 bits per heavy atom.